The SMILES string of the molecule is CC1(F)C=CC(F)=CC1. The molecule has 0 nitrogen and oxygen atoms in total. The molecule has 9 heavy (non-hydrogen) atoms. The zero-order chi connectivity index (χ0) is 6.91. The molecule has 0 spiro atoms. The van der Waals surface area contributed by atoms with Crippen molar-refractivity contribution in [2.45, 2.75) is 19.0 Å². The van der Waals surface area contributed by atoms with Gasteiger partial charge in [-0.05, 0) is 25.2 Å². The maximum atomic E-state index is 12.7. The molecule has 0 saturated heterocycles. The molecular formula is C7H8F2. The van der Waals surface area contributed by atoms with Crippen molar-refractivity contribution in [2.24, 2.45) is 0 Å². The van der Waals surface area contributed by atoms with Crippen LogP contribution in [-0.4, -0.2) is 5.67 Å². The Bertz CT molecular complexity index is 166. The zero-order valence-corrected chi connectivity index (χ0v) is 5.20. The van der Waals surface area contributed by atoms with Gasteiger partial charge >= 0.3 is 0 Å². The van der Waals surface area contributed by atoms with Gasteiger partial charge in [-0.25, -0.2) is 8.78 Å². The van der Waals surface area contributed by atoms with E-state index >= 15 is 0 Å². The van der Waals surface area contributed by atoms with Crippen molar-refractivity contribution in [3.63, 3.8) is 0 Å². The van der Waals surface area contributed by atoms with Crippen molar-refractivity contribution in [1.82, 2.24) is 0 Å². The van der Waals surface area contributed by atoms with Crippen LogP contribution in [0.25, 0.3) is 0 Å². The highest BCUT2D eigenvalue weighted by Crippen LogP contribution is 2.24. The highest BCUT2D eigenvalue weighted by molar-refractivity contribution is 5.21. The Morgan fingerprint density at radius 1 is 1.67 bits per heavy atom. The number of allylic oxidation sites excluding steroid dienone is 4. The van der Waals surface area contributed by atoms with Gasteiger partial charge in [-0.15, -0.1) is 0 Å². The summed E-state index contributed by atoms with van der Waals surface area (Å²) in [5.41, 5.74) is -1.34. The molecule has 50 valence electrons. The minimum absolute atomic E-state index is 0.148. The maximum Gasteiger partial charge on any atom is 0.130 e. The van der Waals surface area contributed by atoms with Crippen molar-refractivity contribution in [1.29, 1.82) is 0 Å². The quantitative estimate of drug-likeness (QED) is 0.472. The highest BCUT2D eigenvalue weighted by Gasteiger charge is 2.20. The second kappa shape index (κ2) is 1.94. The third-order valence-corrected chi connectivity index (χ3v) is 1.29. The fourth-order valence-electron chi connectivity index (χ4n) is 0.687. The lowest BCUT2D eigenvalue weighted by Crippen LogP contribution is -2.14. The summed E-state index contributed by atoms with van der Waals surface area (Å²) in [6.07, 6.45) is 3.79. The summed E-state index contributed by atoms with van der Waals surface area (Å²) in [7, 11) is 0. The lowest BCUT2D eigenvalue weighted by molar-refractivity contribution is 0.256. The molecule has 1 atom stereocenters. The van der Waals surface area contributed by atoms with E-state index in [-0.39, 0.29) is 12.2 Å². The van der Waals surface area contributed by atoms with Gasteiger partial charge in [-0.1, -0.05) is 0 Å². The molecule has 0 amide bonds. The zero-order valence-electron chi connectivity index (χ0n) is 5.20. The number of rotatable bonds is 0. The third-order valence-electron chi connectivity index (χ3n) is 1.29. The molecule has 0 aromatic rings. The molecule has 0 aromatic carbocycles. The summed E-state index contributed by atoms with van der Waals surface area (Å²) in [4.78, 5) is 0. The van der Waals surface area contributed by atoms with E-state index in [0.717, 1.165) is 6.08 Å². The monoisotopic (exact) mass is 130 g/mol. The maximum absolute atomic E-state index is 12.7. The molecule has 0 saturated carbocycles. The summed E-state index contributed by atoms with van der Waals surface area (Å²) in [5.74, 6) is -0.342. The first kappa shape index (κ1) is 6.46. The molecule has 0 aromatic heterocycles. The molecule has 0 fully saturated rings. The number of hydrogen-bond acceptors (Lipinski definition) is 0. The first-order chi connectivity index (χ1) is 4.10. The topological polar surface area (TPSA) is 0 Å². The van der Waals surface area contributed by atoms with Gasteiger partial charge in [0.05, 0.1) is 0 Å². The van der Waals surface area contributed by atoms with Gasteiger partial charge in [0.25, 0.3) is 0 Å². The van der Waals surface area contributed by atoms with E-state index in [2.05, 4.69) is 0 Å². The Morgan fingerprint density at radius 2 is 2.33 bits per heavy atom. The van der Waals surface area contributed by atoms with Gasteiger partial charge in [-0.2, -0.15) is 0 Å². The molecule has 0 heterocycles. The third kappa shape index (κ3) is 1.63. The standard InChI is InChI=1S/C7H8F2/c1-7(9)4-2-6(8)3-5-7/h2-4H,5H2,1H3. The number of alkyl halides is 1. The van der Waals surface area contributed by atoms with Gasteiger partial charge in [0.2, 0.25) is 0 Å². The minimum Gasteiger partial charge on any atom is -0.239 e. The molecule has 2 heteroatoms. The van der Waals surface area contributed by atoms with Crippen molar-refractivity contribution in [3.05, 3.63) is 24.1 Å². The van der Waals surface area contributed by atoms with E-state index in [9.17, 15) is 8.78 Å². The summed E-state index contributed by atoms with van der Waals surface area (Å²) in [6, 6.07) is 0. The first-order valence-electron chi connectivity index (χ1n) is 2.84. The Kier molecular flexibility index (Phi) is 1.39. The average Bonchev–Trinajstić information content (AvgIpc) is 1.78. The summed E-state index contributed by atoms with van der Waals surface area (Å²) >= 11 is 0. The molecule has 1 aliphatic rings. The van der Waals surface area contributed by atoms with Crippen molar-refractivity contribution in [2.75, 3.05) is 0 Å². The van der Waals surface area contributed by atoms with Gasteiger partial charge in [0.15, 0.2) is 0 Å². The van der Waals surface area contributed by atoms with Crippen LogP contribution in [0.3, 0.4) is 0 Å². The van der Waals surface area contributed by atoms with Gasteiger partial charge in [0.1, 0.15) is 11.5 Å². The minimum atomic E-state index is -1.34. The van der Waals surface area contributed by atoms with Crippen molar-refractivity contribution < 1.29 is 8.78 Å². The van der Waals surface area contributed by atoms with Crippen LogP contribution in [0, 0.1) is 0 Å². The molecule has 1 unspecified atom stereocenters. The average molecular weight is 130 g/mol. The van der Waals surface area contributed by atoms with Crippen LogP contribution < -0.4 is 0 Å². The predicted molar refractivity (Wildman–Crippen MR) is 32.5 cm³/mol. The highest BCUT2D eigenvalue weighted by atomic mass is 19.1. The number of hydrogen-bond donors (Lipinski definition) is 0. The van der Waals surface area contributed by atoms with Crippen molar-refractivity contribution in [3.8, 4) is 0 Å². The predicted octanol–water partition coefficient (Wildman–Crippen LogP) is 2.53. The second-order valence-corrected chi connectivity index (χ2v) is 2.40. The summed E-state index contributed by atoms with van der Waals surface area (Å²) in [6.45, 7) is 1.42. The van der Waals surface area contributed by atoms with Crippen LogP contribution in [0.2, 0.25) is 0 Å². The molecule has 1 aliphatic carbocycles. The fraction of sp³-hybridized carbons (Fsp3) is 0.429. The van der Waals surface area contributed by atoms with E-state index < -0.39 is 5.67 Å². The fourth-order valence-corrected chi connectivity index (χ4v) is 0.687. The summed E-state index contributed by atoms with van der Waals surface area (Å²) in [5, 5.41) is 0. The Hall–Kier alpha value is -0.660. The van der Waals surface area contributed by atoms with Gasteiger partial charge < -0.3 is 0 Å². The Morgan fingerprint density at radius 3 is 2.67 bits per heavy atom. The molecule has 1 rings (SSSR count). The molecular weight excluding hydrogens is 122 g/mol. The van der Waals surface area contributed by atoms with E-state index in [1.807, 2.05) is 0 Å². The van der Waals surface area contributed by atoms with Crippen LogP contribution in [0.15, 0.2) is 24.1 Å². The normalized spacial score (nSPS) is 34.3. The van der Waals surface area contributed by atoms with E-state index in [1.165, 1.54) is 19.1 Å². The second-order valence-electron chi connectivity index (χ2n) is 2.40. The van der Waals surface area contributed by atoms with Crippen molar-refractivity contribution >= 4 is 0 Å². The van der Waals surface area contributed by atoms with Crippen LogP contribution in [0.4, 0.5) is 8.78 Å². The lowest BCUT2D eigenvalue weighted by atomic mass is 10.00. The van der Waals surface area contributed by atoms with E-state index in [4.69, 9.17) is 0 Å². The molecule has 0 bridgehead atoms. The summed E-state index contributed by atoms with van der Waals surface area (Å²) < 4.78 is 24.9. The number of halogens is 2. The van der Waals surface area contributed by atoms with Crippen LogP contribution in [0.1, 0.15) is 13.3 Å². The van der Waals surface area contributed by atoms with Crippen LogP contribution in [-0.2, 0) is 0 Å². The van der Waals surface area contributed by atoms with E-state index in [0.29, 0.717) is 0 Å². The molecule has 0 N–H and O–H groups in total. The Labute approximate surface area is 52.9 Å². The lowest BCUT2D eigenvalue weighted by Gasteiger charge is -2.15. The van der Waals surface area contributed by atoms with E-state index in [1.54, 1.807) is 0 Å². The Balaban J connectivity index is 2.70. The van der Waals surface area contributed by atoms with Crippen LogP contribution in [0.5, 0.6) is 0 Å². The largest absolute Gasteiger partial charge is 0.239 e. The van der Waals surface area contributed by atoms with Gasteiger partial charge in [0, 0.05) is 6.42 Å². The molecule has 0 radical (unpaired) electrons. The molecule has 0 aliphatic heterocycles. The van der Waals surface area contributed by atoms with Gasteiger partial charge in [-0.3, -0.25) is 0 Å². The van der Waals surface area contributed by atoms with Crippen LogP contribution >= 0.6 is 0 Å². The smallest absolute Gasteiger partial charge is 0.130 e. The first-order valence-corrected chi connectivity index (χ1v) is 2.84.